The van der Waals surface area contributed by atoms with Crippen molar-refractivity contribution in [1.29, 1.82) is 0 Å². The van der Waals surface area contributed by atoms with E-state index in [4.69, 9.17) is 9.51 Å². The lowest BCUT2D eigenvalue weighted by Crippen LogP contribution is -2.51. The molecule has 7 nitrogen and oxygen atoms in total. The molecule has 0 radical (unpaired) electrons. The molecule has 1 saturated heterocycles. The average molecular weight is 454 g/mol. The number of hydrogen-bond acceptors (Lipinski definition) is 5. The van der Waals surface area contributed by atoms with Gasteiger partial charge in [-0.2, -0.15) is 4.98 Å². The number of piperidine rings is 1. The molecule has 1 saturated carbocycles. The van der Waals surface area contributed by atoms with Gasteiger partial charge in [0.2, 0.25) is 5.89 Å². The van der Waals surface area contributed by atoms with Crippen LogP contribution in [0.15, 0.2) is 27.8 Å². The first kappa shape index (κ1) is 22.6. The second-order valence-corrected chi connectivity index (χ2v) is 10.9. The lowest BCUT2D eigenvalue weighted by atomic mass is 9.79. The molecule has 0 bridgehead atoms. The molecule has 3 heterocycles. The van der Waals surface area contributed by atoms with Crippen molar-refractivity contribution in [3.63, 3.8) is 0 Å². The number of aromatic nitrogens is 2. The lowest BCUT2D eigenvalue weighted by Gasteiger charge is -2.39. The summed E-state index contributed by atoms with van der Waals surface area (Å²) in [6.07, 6.45) is 13.2. The highest BCUT2D eigenvalue weighted by atomic mass is 16.5. The number of amides is 2. The number of hydrogen-bond donors (Lipinski definition) is 1. The van der Waals surface area contributed by atoms with Crippen molar-refractivity contribution in [2.24, 2.45) is 0 Å². The van der Waals surface area contributed by atoms with Gasteiger partial charge in [0.25, 0.3) is 0 Å². The van der Waals surface area contributed by atoms with Crippen LogP contribution in [0.5, 0.6) is 0 Å². The number of carbonyl (C=O) groups is 1. The average Bonchev–Trinajstić information content (AvgIpc) is 3.55. The lowest BCUT2D eigenvalue weighted by molar-refractivity contribution is 0.156. The Morgan fingerprint density at radius 1 is 1.18 bits per heavy atom. The molecule has 2 aliphatic heterocycles. The van der Waals surface area contributed by atoms with E-state index in [1.165, 1.54) is 11.1 Å². The van der Waals surface area contributed by atoms with Gasteiger partial charge >= 0.3 is 6.03 Å². The highest BCUT2D eigenvalue weighted by molar-refractivity contribution is 5.75. The molecule has 1 N–H and O–H groups in total. The third-order valence-electron chi connectivity index (χ3n) is 8.14. The Morgan fingerprint density at radius 3 is 2.64 bits per heavy atom. The van der Waals surface area contributed by atoms with E-state index in [1.807, 2.05) is 4.90 Å². The largest absolute Gasteiger partial charge is 0.339 e. The topological polar surface area (TPSA) is 74.5 Å². The van der Waals surface area contributed by atoms with Crippen LogP contribution >= 0.6 is 0 Å². The second kappa shape index (κ2) is 9.24. The minimum Gasteiger partial charge on any atom is -0.339 e. The highest BCUT2D eigenvalue weighted by Crippen LogP contribution is 2.41. The smallest absolute Gasteiger partial charge is 0.317 e. The standard InChI is InChI=1S/C26H39N5O2/c1-18(2)30-14-10-19(11-15-30)21-6-4-5-7-22(21)27-25(32)31-16-12-26(3,13-17-31)24-28-23(33-29-24)20-8-9-20/h6,10,18,20,22H,4-5,7-9,11-17H2,1-3H3,(H,27,32). The Balaban J connectivity index is 1.18. The highest BCUT2D eigenvalue weighted by Gasteiger charge is 2.39. The number of likely N-dealkylation sites (tertiary alicyclic amines) is 1. The van der Waals surface area contributed by atoms with Gasteiger partial charge in [-0.3, -0.25) is 4.90 Å². The van der Waals surface area contributed by atoms with E-state index in [0.29, 0.717) is 12.0 Å². The van der Waals surface area contributed by atoms with Crippen molar-refractivity contribution >= 4 is 6.03 Å². The van der Waals surface area contributed by atoms with Gasteiger partial charge in [-0.1, -0.05) is 24.2 Å². The molecular formula is C26H39N5O2. The van der Waals surface area contributed by atoms with Gasteiger partial charge in [0.1, 0.15) is 0 Å². The van der Waals surface area contributed by atoms with Crippen molar-refractivity contribution in [3.05, 3.63) is 35.0 Å². The van der Waals surface area contributed by atoms with Gasteiger partial charge in [-0.25, -0.2) is 4.79 Å². The van der Waals surface area contributed by atoms with Crippen LogP contribution in [-0.4, -0.2) is 64.2 Å². The van der Waals surface area contributed by atoms with Crippen molar-refractivity contribution < 1.29 is 9.32 Å². The van der Waals surface area contributed by atoms with Crippen molar-refractivity contribution in [1.82, 2.24) is 25.3 Å². The molecule has 1 aromatic heterocycles. The fourth-order valence-electron chi connectivity index (χ4n) is 5.44. The third-order valence-corrected chi connectivity index (χ3v) is 8.14. The number of nitrogens with one attached hydrogen (secondary N) is 1. The molecular weight excluding hydrogens is 414 g/mol. The van der Waals surface area contributed by atoms with Crippen LogP contribution in [0.25, 0.3) is 0 Å². The van der Waals surface area contributed by atoms with Crippen LogP contribution < -0.4 is 5.32 Å². The van der Waals surface area contributed by atoms with E-state index in [0.717, 1.165) is 89.3 Å². The monoisotopic (exact) mass is 453 g/mol. The first-order valence-corrected chi connectivity index (χ1v) is 13.0. The van der Waals surface area contributed by atoms with Gasteiger partial charge in [-0.05, 0) is 76.4 Å². The van der Waals surface area contributed by atoms with E-state index in [1.54, 1.807) is 0 Å². The number of carbonyl (C=O) groups excluding carboxylic acids is 1. The molecule has 1 aromatic rings. The molecule has 5 rings (SSSR count). The summed E-state index contributed by atoms with van der Waals surface area (Å²) in [5.41, 5.74) is 2.68. The maximum atomic E-state index is 13.2. The minimum atomic E-state index is -0.113. The Bertz CT molecular complexity index is 921. The van der Waals surface area contributed by atoms with E-state index in [9.17, 15) is 4.79 Å². The fraction of sp³-hybridized carbons (Fsp3) is 0.731. The number of rotatable bonds is 5. The molecule has 2 fully saturated rings. The normalized spacial score (nSPS) is 26.2. The zero-order valence-corrected chi connectivity index (χ0v) is 20.5. The predicted molar refractivity (Wildman–Crippen MR) is 128 cm³/mol. The maximum Gasteiger partial charge on any atom is 0.317 e. The number of urea groups is 1. The van der Waals surface area contributed by atoms with Crippen molar-refractivity contribution in [3.8, 4) is 0 Å². The van der Waals surface area contributed by atoms with Crippen LogP contribution in [0, 0.1) is 0 Å². The summed E-state index contributed by atoms with van der Waals surface area (Å²) in [6, 6.07) is 0.785. The zero-order valence-electron chi connectivity index (χ0n) is 20.5. The fourth-order valence-corrected chi connectivity index (χ4v) is 5.44. The molecule has 0 aromatic carbocycles. The van der Waals surface area contributed by atoms with Gasteiger partial charge < -0.3 is 14.7 Å². The molecule has 180 valence electrons. The SMILES string of the molecule is CC(C)N1CC=C(C2=CCCCC2NC(=O)N2CCC(C)(c3noc(C4CC4)n3)CC2)CC1. The minimum absolute atomic E-state index is 0.0712. The van der Waals surface area contributed by atoms with Crippen LogP contribution in [0.1, 0.15) is 89.8 Å². The van der Waals surface area contributed by atoms with Gasteiger partial charge in [0, 0.05) is 43.6 Å². The summed E-state index contributed by atoms with van der Waals surface area (Å²) in [7, 11) is 0. The third kappa shape index (κ3) is 4.88. The Hall–Kier alpha value is -2.15. The van der Waals surface area contributed by atoms with Crippen LogP contribution in [0.4, 0.5) is 4.79 Å². The zero-order chi connectivity index (χ0) is 23.0. The summed E-state index contributed by atoms with van der Waals surface area (Å²) in [5, 5.41) is 7.67. The number of nitrogens with zero attached hydrogens (tertiary/aromatic N) is 4. The van der Waals surface area contributed by atoms with Gasteiger partial charge in [0.05, 0.1) is 6.04 Å². The van der Waals surface area contributed by atoms with Crippen LogP contribution in [0.3, 0.4) is 0 Å². The first-order valence-electron chi connectivity index (χ1n) is 13.0. The van der Waals surface area contributed by atoms with Gasteiger partial charge in [-0.15, -0.1) is 0 Å². The summed E-state index contributed by atoms with van der Waals surface area (Å²) < 4.78 is 5.50. The summed E-state index contributed by atoms with van der Waals surface area (Å²) in [5.74, 6) is 2.10. The van der Waals surface area contributed by atoms with E-state index in [2.05, 4.69) is 48.3 Å². The molecule has 33 heavy (non-hydrogen) atoms. The Morgan fingerprint density at radius 2 is 1.97 bits per heavy atom. The van der Waals surface area contributed by atoms with E-state index in [-0.39, 0.29) is 17.5 Å². The number of allylic oxidation sites excluding steroid dienone is 1. The molecule has 7 heteroatoms. The predicted octanol–water partition coefficient (Wildman–Crippen LogP) is 4.53. The summed E-state index contributed by atoms with van der Waals surface area (Å²) in [6.45, 7) is 10.3. The molecule has 4 aliphatic rings. The van der Waals surface area contributed by atoms with Gasteiger partial charge in [0.15, 0.2) is 5.82 Å². The molecule has 0 spiro atoms. The Labute approximate surface area is 197 Å². The molecule has 1 unspecified atom stereocenters. The summed E-state index contributed by atoms with van der Waals surface area (Å²) in [4.78, 5) is 22.4. The Kier molecular flexibility index (Phi) is 6.34. The second-order valence-electron chi connectivity index (χ2n) is 10.9. The molecule has 2 amide bonds. The van der Waals surface area contributed by atoms with Crippen LogP contribution in [0.2, 0.25) is 0 Å². The quantitative estimate of drug-likeness (QED) is 0.709. The molecule has 1 atom stereocenters. The van der Waals surface area contributed by atoms with Crippen molar-refractivity contribution in [2.75, 3.05) is 26.2 Å². The molecule has 2 aliphatic carbocycles. The maximum absolute atomic E-state index is 13.2. The summed E-state index contributed by atoms with van der Waals surface area (Å²) >= 11 is 0. The van der Waals surface area contributed by atoms with Crippen molar-refractivity contribution in [2.45, 2.75) is 95.6 Å². The van der Waals surface area contributed by atoms with E-state index < -0.39 is 0 Å². The first-order chi connectivity index (χ1) is 15.9. The van der Waals surface area contributed by atoms with Crippen LogP contribution in [-0.2, 0) is 5.41 Å². The van der Waals surface area contributed by atoms with E-state index >= 15 is 0 Å².